The molecule has 0 aromatic rings. The molecule has 24 heavy (non-hydrogen) atoms. The zero-order valence-electron chi connectivity index (χ0n) is 17.5. The van der Waals surface area contributed by atoms with Crippen molar-refractivity contribution in [3.05, 3.63) is 11.8 Å². The molecule has 0 radical (unpaired) electrons. The third kappa shape index (κ3) is 7.70. The molecular weight excluding hydrogens is 399 g/mol. The Hall–Kier alpha value is 0.339. The second-order valence-electron chi connectivity index (χ2n) is 9.10. The third-order valence-electron chi connectivity index (χ3n) is 5.90. The molecule has 0 aromatic carbocycles. The molecule has 0 aromatic heterocycles. The van der Waals surface area contributed by atoms with Crippen LogP contribution in [-0.4, -0.2) is 18.8 Å². The maximum atomic E-state index is 7.02. The van der Waals surface area contributed by atoms with E-state index in [0.29, 0.717) is 5.41 Å². The summed E-state index contributed by atoms with van der Waals surface area (Å²) in [5.74, 6) is 2.23. The monoisotopic (exact) mass is 444 g/mol. The summed E-state index contributed by atoms with van der Waals surface area (Å²) in [6, 6.07) is 0. The van der Waals surface area contributed by atoms with E-state index >= 15 is 0 Å². The van der Waals surface area contributed by atoms with Crippen LogP contribution in [0.1, 0.15) is 99.3 Å². The third-order valence-corrected chi connectivity index (χ3v) is 18.7. The van der Waals surface area contributed by atoms with Crippen LogP contribution in [0.5, 0.6) is 0 Å². The van der Waals surface area contributed by atoms with Crippen LogP contribution in [0.3, 0.4) is 0 Å². The molecule has 0 amide bonds. The minimum absolute atomic E-state index is 0.440. The van der Waals surface area contributed by atoms with Gasteiger partial charge in [-0.1, -0.05) is 0 Å². The van der Waals surface area contributed by atoms with Crippen molar-refractivity contribution in [2.24, 2.45) is 11.3 Å². The van der Waals surface area contributed by atoms with Gasteiger partial charge in [-0.3, -0.25) is 0 Å². The molecule has 0 N–H and O–H groups in total. The molecular formula is C22H44OSn. The zero-order chi connectivity index (χ0) is 18.1. The summed E-state index contributed by atoms with van der Waals surface area (Å²) in [4.78, 5) is 0. The van der Waals surface area contributed by atoms with Crippen molar-refractivity contribution in [2.45, 2.75) is 113 Å². The first-order chi connectivity index (χ1) is 11.4. The van der Waals surface area contributed by atoms with E-state index in [1.165, 1.54) is 76.9 Å². The molecule has 0 bridgehead atoms. The summed E-state index contributed by atoms with van der Waals surface area (Å²) >= 11 is -2.45. The minimum atomic E-state index is -2.45. The average Bonchev–Trinajstić information content (AvgIpc) is 2.56. The van der Waals surface area contributed by atoms with Crippen molar-refractivity contribution >= 4 is 18.8 Å². The van der Waals surface area contributed by atoms with Crippen LogP contribution in [0.15, 0.2) is 11.8 Å². The van der Waals surface area contributed by atoms with Gasteiger partial charge in [-0.15, -0.1) is 0 Å². The van der Waals surface area contributed by atoms with E-state index < -0.39 is 18.8 Å². The summed E-state index contributed by atoms with van der Waals surface area (Å²) in [6.45, 7) is 14.2. The van der Waals surface area contributed by atoms with Crippen LogP contribution in [0.25, 0.3) is 0 Å². The maximum absolute atomic E-state index is 7.02. The molecule has 142 valence electrons. The van der Waals surface area contributed by atoms with Crippen molar-refractivity contribution in [3.8, 4) is 0 Å². The quantitative estimate of drug-likeness (QED) is 0.293. The van der Waals surface area contributed by atoms with Gasteiger partial charge in [-0.25, -0.2) is 0 Å². The van der Waals surface area contributed by atoms with Gasteiger partial charge >= 0.3 is 158 Å². The van der Waals surface area contributed by atoms with Gasteiger partial charge in [0.25, 0.3) is 0 Å². The molecule has 0 saturated heterocycles. The zero-order valence-corrected chi connectivity index (χ0v) is 20.4. The molecule has 1 atom stereocenters. The molecule has 0 aliphatic heterocycles. The predicted molar refractivity (Wildman–Crippen MR) is 111 cm³/mol. The van der Waals surface area contributed by atoms with Gasteiger partial charge in [-0.2, -0.15) is 0 Å². The van der Waals surface area contributed by atoms with E-state index in [4.69, 9.17) is 3.07 Å². The van der Waals surface area contributed by atoms with Gasteiger partial charge in [0.1, 0.15) is 0 Å². The first-order valence-corrected chi connectivity index (χ1v) is 18.0. The average molecular weight is 443 g/mol. The second-order valence-corrected chi connectivity index (χ2v) is 20.7. The predicted octanol–water partition coefficient (Wildman–Crippen LogP) is 8.08. The molecule has 1 aliphatic carbocycles. The molecule has 1 rings (SSSR count). The normalized spacial score (nSPS) is 19.2. The van der Waals surface area contributed by atoms with Crippen molar-refractivity contribution in [1.82, 2.24) is 0 Å². The van der Waals surface area contributed by atoms with Crippen molar-refractivity contribution in [3.63, 3.8) is 0 Å². The Kier molecular flexibility index (Phi) is 10.4. The molecule has 2 heteroatoms. The van der Waals surface area contributed by atoms with E-state index in [2.05, 4.69) is 47.6 Å². The fourth-order valence-corrected chi connectivity index (χ4v) is 17.7. The summed E-state index contributed by atoms with van der Waals surface area (Å²) in [7, 11) is 0. The van der Waals surface area contributed by atoms with Crippen LogP contribution in [-0.2, 0) is 3.07 Å². The van der Waals surface area contributed by atoms with Gasteiger partial charge in [0.15, 0.2) is 0 Å². The summed E-state index contributed by atoms with van der Waals surface area (Å²) in [5, 5.41) is 0. The number of rotatable bonds is 11. The summed E-state index contributed by atoms with van der Waals surface area (Å²) in [6.07, 6.45) is 14.4. The van der Waals surface area contributed by atoms with Gasteiger partial charge in [0.2, 0.25) is 0 Å². The SMILES string of the molecule is CCC[CH2][Sn]([CH2]CCC)([CH2]CCC)[O]C1=CCC(C(C)(C)C)CC1. The van der Waals surface area contributed by atoms with Gasteiger partial charge < -0.3 is 0 Å². The first-order valence-electron chi connectivity index (χ1n) is 10.7. The van der Waals surface area contributed by atoms with Crippen LogP contribution >= 0.6 is 0 Å². The van der Waals surface area contributed by atoms with Crippen LogP contribution < -0.4 is 0 Å². The van der Waals surface area contributed by atoms with Crippen molar-refractivity contribution in [1.29, 1.82) is 0 Å². The first kappa shape index (κ1) is 22.4. The Morgan fingerprint density at radius 2 is 1.46 bits per heavy atom. The molecule has 1 unspecified atom stereocenters. The molecule has 0 saturated carbocycles. The van der Waals surface area contributed by atoms with Gasteiger partial charge in [-0.05, 0) is 0 Å². The van der Waals surface area contributed by atoms with E-state index in [9.17, 15) is 0 Å². The van der Waals surface area contributed by atoms with E-state index in [-0.39, 0.29) is 0 Å². The Labute approximate surface area is 157 Å². The van der Waals surface area contributed by atoms with Crippen LogP contribution in [0, 0.1) is 11.3 Å². The number of unbranched alkanes of at least 4 members (excludes halogenated alkanes) is 3. The van der Waals surface area contributed by atoms with E-state index in [0.717, 1.165) is 5.92 Å². The van der Waals surface area contributed by atoms with Gasteiger partial charge in [0, 0.05) is 0 Å². The molecule has 0 heterocycles. The number of allylic oxidation sites excluding steroid dienone is 2. The van der Waals surface area contributed by atoms with E-state index in [1.54, 1.807) is 0 Å². The number of hydrogen-bond acceptors (Lipinski definition) is 1. The Morgan fingerprint density at radius 3 is 1.79 bits per heavy atom. The van der Waals surface area contributed by atoms with Crippen molar-refractivity contribution in [2.75, 3.05) is 0 Å². The molecule has 0 spiro atoms. The summed E-state index contributed by atoms with van der Waals surface area (Å²) < 4.78 is 11.4. The van der Waals surface area contributed by atoms with Crippen molar-refractivity contribution < 1.29 is 3.07 Å². The Balaban J connectivity index is 2.80. The van der Waals surface area contributed by atoms with Crippen LogP contribution in [0.2, 0.25) is 13.3 Å². The molecule has 1 nitrogen and oxygen atoms in total. The fraction of sp³-hybridized carbons (Fsp3) is 0.909. The van der Waals surface area contributed by atoms with Crippen LogP contribution in [0.4, 0.5) is 0 Å². The number of hydrogen-bond donors (Lipinski definition) is 0. The second kappa shape index (κ2) is 11.1. The molecule has 0 fully saturated rings. The standard InChI is InChI=1S/C10H18O.3C4H9.Sn/c1-10(2,3)8-4-6-9(11)7-5-8;3*1-3-4-2;/h6,8,11H,4-5,7H2,1-3H3;3*1,3-4H2,2H3;/q;;;;+1/p-1. The van der Waals surface area contributed by atoms with Gasteiger partial charge in [0.05, 0.1) is 0 Å². The fourth-order valence-electron chi connectivity index (χ4n) is 3.99. The topological polar surface area (TPSA) is 9.23 Å². The molecule has 1 aliphatic rings. The Bertz CT molecular complexity index is 345. The Morgan fingerprint density at radius 1 is 0.958 bits per heavy atom. The summed E-state index contributed by atoms with van der Waals surface area (Å²) in [5.41, 5.74) is 0.440. The van der Waals surface area contributed by atoms with E-state index in [1.807, 2.05) is 0 Å².